The quantitative estimate of drug-likeness (QED) is 0.685. The maximum Gasteiger partial charge on any atom is 0.223 e. The van der Waals surface area contributed by atoms with E-state index in [1.165, 1.54) is 0 Å². The Labute approximate surface area is 119 Å². The number of carbonyl (C=O) groups excluding carboxylic acids is 1. The zero-order valence-electron chi connectivity index (χ0n) is 13.8. The number of amides is 1. The molecule has 1 N–H and O–H groups in total. The van der Waals surface area contributed by atoms with E-state index in [1.807, 2.05) is 4.90 Å². The zero-order chi connectivity index (χ0) is 15.1. The van der Waals surface area contributed by atoms with E-state index in [0.29, 0.717) is 12.8 Å². The van der Waals surface area contributed by atoms with Crippen molar-refractivity contribution in [2.75, 3.05) is 13.2 Å². The first-order valence-corrected chi connectivity index (χ1v) is 7.55. The molecule has 19 heavy (non-hydrogen) atoms. The van der Waals surface area contributed by atoms with Crippen LogP contribution in [-0.2, 0) is 4.79 Å². The summed E-state index contributed by atoms with van der Waals surface area (Å²) in [4.78, 5) is 14.4. The lowest BCUT2D eigenvalue weighted by atomic mass is 9.90. The molecule has 0 aromatic rings. The largest absolute Gasteiger partial charge is 0.396 e. The summed E-state index contributed by atoms with van der Waals surface area (Å²) < 4.78 is 0. The van der Waals surface area contributed by atoms with Crippen LogP contribution in [0.5, 0.6) is 0 Å². The van der Waals surface area contributed by atoms with Gasteiger partial charge in [-0.3, -0.25) is 4.79 Å². The molecule has 1 amide bonds. The van der Waals surface area contributed by atoms with Crippen LogP contribution >= 0.6 is 0 Å². The van der Waals surface area contributed by atoms with Crippen molar-refractivity contribution in [3.05, 3.63) is 0 Å². The average molecular weight is 271 g/mol. The summed E-state index contributed by atoms with van der Waals surface area (Å²) in [6, 6.07) is 0. The SMILES string of the molecule is CCC(C)(C)N(CCC(C)(C)C)C(=O)CCCCO. The average Bonchev–Trinajstić information content (AvgIpc) is 2.27. The Hall–Kier alpha value is -0.570. The van der Waals surface area contributed by atoms with Crippen molar-refractivity contribution in [3.8, 4) is 0 Å². The van der Waals surface area contributed by atoms with Gasteiger partial charge >= 0.3 is 0 Å². The van der Waals surface area contributed by atoms with Crippen LogP contribution in [0.25, 0.3) is 0 Å². The number of nitrogens with zero attached hydrogens (tertiary/aromatic N) is 1. The van der Waals surface area contributed by atoms with Crippen LogP contribution in [0.4, 0.5) is 0 Å². The Morgan fingerprint density at radius 3 is 2.11 bits per heavy atom. The molecule has 0 saturated heterocycles. The van der Waals surface area contributed by atoms with Crippen LogP contribution in [-0.4, -0.2) is 34.6 Å². The van der Waals surface area contributed by atoms with E-state index in [2.05, 4.69) is 41.5 Å². The van der Waals surface area contributed by atoms with Gasteiger partial charge in [-0.05, 0) is 44.9 Å². The lowest BCUT2D eigenvalue weighted by molar-refractivity contribution is -0.137. The Bertz CT molecular complexity index is 266. The van der Waals surface area contributed by atoms with Gasteiger partial charge in [-0.25, -0.2) is 0 Å². The van der Waals surface area contributed by atoms with E-state index in [4.69, 9.17) is 5.11 Å². The molecule has 3 heteroatoms. The van der Waals surface area contributed by atoms with Crippen molar-refractivity contribution in [2.24, 2.45) is 5.41 Å². The van der Waals surface area contributed by atoms with Crippen LogP contribution in [0.3, 0.4) is 0 Å². The third-order valence-corrected chi connectivity index (χ3v) is 3.78. The number of hydrogen-bond donors (Lipinski definition) is 1. The molecule has 0 rings (SSSR count). The van der Waals surface area contributed by atoms with Crippen molar-refractivity contribution in [3.63, 3.8) is 0 Å². The topological polar surface area (TPSA) is 40.5 Å². The summed E-state index contributed by atoms with van der Waals surface area (Å²) in [7, 11) is 0. The molecule has 0 saturated carbocycles. The van der Waals surface area contributed by atoms with E-state index < -0.39 is 0 Å². The second-order valence-electron chi connectivity index (χ2n) is 7.20. The Balaban J connectivity index is 4.63. The van der Waals surface area contributed by atoms with Crippen molar-refractivity contribution in [1.82, 2.24) is 4.90 Å². The number of aliphatic hydroxyl groups excluding tert-OH is 1. The molecule has 0 fully saturated rings. The maximum atomic E-state index is 12.4. The molecule has 3 nitrogen and oxygen atoms in total. The minimum Gasteiger partial charge on any atom is -0.396 e. The van der Waals surface area contributed by atoms with Gasteiger partial charge in [0.1, 0.15) is 0 Å². The van der Waals surface area contributed by atoms with E-state index in [9.17, 15) is 4.79 Å². The van der Waals surface area contributed by atoms with Crippen LogP contribution in [0.1, 0.15) is 73.6 Å². The number of rotatable bonds is 8. The highest BCUT2D eigenvalue weighted by molar-refractivity contribution is 5.77. The van der Waals surface area contributed by atoms with Crippen molar-refractivity contribution < 1.29 is 9.90 Å². The minimum absolute atomic E-state index is 0.0818. The summed E-state index contributed by atoms with van der Waals surface area (Å²) in [6.45, 7) is 14.0. The summed E-state index contributed by atoms with van der Waals surface area (Å²) >= 11 is 0. The van der Waals surface area contributed by atoms with Gasteiger partial charge in [0, 0.05) is 25.1 Å². The number of unbranched alkanes of at least 4 members (excludes halogenated alkanes) is 1. The highest BCUT2D eigenvalue weighted by Crippen LogP contribution is 2.25. The second kappa shape index (κ2) is 7.88. The molecule has 0 spiro atoms. The summed E-state index contributed by atoms with van der Waals surface area (Å²) in [6.07, 6.45) is 4.02. The lowest BCUT2D eigenvalue weighted by Gasteiger charge is -2.39. The minimum atomic E-state index is -0.0818. The van der Waals surface area contributed by atoms with Crippen molar-refractivity contribution in [1.29, 1.82) is 0 Å². The first-order chi connectivity index (χ1) is 8.64. The lowest BCUT2D eigenvalue weighted by Crippen LogP contribution is -2.48. The fourth-order valence-corrected chi connectivity index (χ4v) is 1.93. The predicted molar refractivity (Wildman–Crippen MR) is 81.1 cm³/mol. The van der Waals surface area contributed by atoms with Crippen LogP contribution in [0.2, 0.25) is 0 Å². The highest BCUT2D eigenvalue weighted by Gasteiger charge is 2.29. The molecule has 0 aliphatic carbocycles. The third kappa shape index (κ3) is 7.56. The van der Waals surface area contributed by atoms with E-state index in [-0.39, 0.29) is 23.5 Å². The first-order valence-electron chi connectivity index (χ1n) is 7.55. The normalized spacial score (nSPS) is 12.6. The second-order valence-corrected chi connectivity index (χ2v) is 7.20. The maximum absolute atomic E-state index is 12.4. The Kier molecular flexibility index (Phi) is 7.65. The Morgan fingerprint density at radius 1 is 1.11 bits per heavy atom. The highest BCUT2D eigenvalue weighted by atomic mass is 16.3. The van der Waals surface area contributed by atoms with Crippen molar-refractivity contribution in [2.45, 2.75) is 79.2 Å². The van der Waals surface area contributed by atoms with Gasteiger partial charge in [-0.15, -0.1) is 0 Å². The molecule has 0 atom stereocenters. The van der Waals surface area contributed by atoms with Gasteiger partial charge in [0.15, 0.2) is 0 Å². The molecule has 0 aromatic heterocycles. The van der Waals surface area contributed by atoms with Crippen LogP contribution in [0.15, 0.2) is 0 Å². The van der Waals surface area contributed by atoms with Gasteiger partial charge in [0.25, 0.3) is 0 Å². The smallest absolute Gasteiger partial charge is 0.223 e. The molecule has 0 unspecified atom stereocenters. The van der Waals surface area contributed by atoms with Gasteiger partial charge in [-0.2, -0.15) is 0 Å². The van der Waals surface area contributed by atoms with Crippen LogP contribution < -0.4 is 0 Å². The van der Waals surface area contributed by atoms with E-state index in [0.717, 1.165) is 25.8 Å². The fourth-order valence-electron chi connectivity index (χ4n) is 1.93. The van der Waals surface area contributed by atoms with Gasteiger partial charge in [0.2, 0.25) is 5.91 Å². The molecule has 0 aromatic carbocycles. The molecule has 114 valence electrons. The summed E-state index contributed by atoms with van der Waals surface area (Å²) in [5.74, 6) is 0.226. The molecule has 0 bridgehead atoms. The van der Waals surface area contributed by atoms with Gasteiger partial charge < -0.3 is 10.0 Å². The molecule has 0 heterocycles. The van der Waals surface area contributed by atoms with E-state index in [1.54, 1.807) is 0 Å². The van der Waals surface area contributed by atoms with Gasteiger partial charge in [0.05, 0.1) is 0 Å². The van der Waals surface area contributed by atoms with Gasteiger partial charge in [-0.1, -0.05) is 27.7 Å². The predicted octanol–water partition coefficient (Wildman–Crippen LogP) is 3.60. The monoisotopic (exact) mass is 271 g/mol. The fraction of sp³-hybridized carbons (Fsp3) is 0.938. The van der Waals surface area contributed by atoms with Crippen LogP contribution in [0, 0.1) is 5.41 Å². The zero-order valence-corrected chi connectivity index (χ0v) is 13.8. The number of aliphatic hydroxyl groups is 1. The molecular formula is C16H33NO2. The van der Waals surface area contributed by atoms with Crippen molar-refractivity contribution >= 4 is 5.91 Å². The summed E-state index contributed by atoms with van der Waals surface area (Å²) in [5.41, 5.74) is 0.162. The molecule has 0 aliphatic rings. The van der Waals surface area contributed by atoms with E-state index >= 15 is 0 Å². The first kappa shape index (κ1) is 18.4. The molecular weight excluding hydrogens is 238 g/mol. The summed E-state index contributed by atoms with van der Waals surface area (Å²) in [5, 5.41) is 8.81. The third-order valence-electron chi connectivity index (χ3n) is 3.78. The molecule has 0 aliphatic heterocycles. The molecule has 0 radical (unpaired) electrons. The Morgan fingerprint density at radius 2 is 1.68 bits per heavy atom. The number of carbonyl (C=O) groups is 1. The standard InChI is InChI=1S/C16H33NO2/c1-7-16(5,6)17(12-11-15(2,3)4)14(19)10-8-9-13-18/h18H,7-13H2,1-6H3. The number of hydrogen-bond acceptors (Lipinski definition) is 2.